The molecule has 0 radical (unpaired) electrons. The predicted molar refractivity (Wildman–Crippen MR) is 106 cm³/mol. The second-order valence-corrected chi connectivity index (χ2v) is 6.54. The molecule has 0 bridgehead atoms. The molecule has 7 nitrogen and oxygen atoms in total. The van der Waals surface area contributed by atoms with Crippen molar-refractivity contribution in [3.8, 4) is 0 Å². The van der Waals surface area contributed by atoms with Gasteiger partial charge in [-0.2, -0.15) is 0 Å². The zero-order valence-electron chi connectivity index (χ0n) is 15.5. The van der Waals surface area contributed by atoms with E-state index >= 15 is 0 Å². The second kappa shape index (κ2) is 7.63. The Morgan fingerprint density at radius 2 is 1.59 bits per heavy atom. The van der Waals surface area contributed by atoms with E-state index in [1.807, 2.05) is 30.3 Å². The van der Waals surface area contributed by atoms with Crippen LogP contribution in [0.5, 0.6) is 0 Å². The number of esters is 1. The Morgan fingerprint density at radius 3 is 2.28 bits per heavy atom. The van der Waals surface area contributed by atoms with E-state index in [0.29, 0.717) is 16.7 Å². The van der Waals surface area contributed by atoms with Crippen LogP contribution in [0.4, 0.5) is 0 Å². The van der Waals surface area contributed by atoms with Crippen molar-refractivity contribution in [1.82, 2.24) is 5.32 Å². The average molecular weight is 391 g/mol. The third-order valence-corrected chi connectivity index (χ3v) is 4.44. The van der Waals surface area contributed by atoms with Crippen molar-refractivity contribution in [2.75, 3.05) is 6.61 Å². The molecule has 2 aromatic carbocycles. The zero-order valence-corrected chi connectivity index (χ0v) is 15.5. The monoisotopic (exact) mass is 391 g/mol. The Balaban J connectivity index is 1.39. The summed E-state index contributed by atoms with van der Waals surface area (Å²) in [6.07, 6.45) is 0. The Labute approximate surface area is 164 Å². The summed E-state index contributed by atoms with van der Waals surface area (Å²) >= 11 is 0. The number of amides is 1. The lowest BCUT2D eigenvalue weighted by molar-refractivity contribution is -0.125. The smallest absolute Gasteiger partial charge is 0.351 e. The van der Waals surface area contributed by atoms with E-state index in [-0.39, 0.29) is 5.56 Å². The molecule has 0 spiro atoms. The highest BCUT2D eigenvalue weighted by Gasteiger charge is 2.18. The van der Waals surface area contributed by atoms with Crippen molar-refractivity contribution in [3.63, 3.8) is 0 Å². The standard InChI is InChI=1S/C22H17NO6/c1-13(19-11-15-7-3-4-8-17(15)28-19)23-20(24)12-27-21(25)16-10-14-6-2-5-9-18(14)29-22(16)26/h2-11,13H,12H2,1H3,(H,23,24)/t13-/m1/s1. The molecule has 2 aromatic heterocycles. The molecular formula is C22H17NO6. The van der Waals surface area contributed by atoms with E-state index in [4.69, 9.17) is 13.6 Å². The van der Waals surface area contributed by atoms with Crippen molar-refractivity contribution in [2.24, 2.45) is 0 Å². The molecule has 0 aliphatic heterocycles. The number of fused-ring (bicyclic) bond motifs is 2. The van der Waals surface area contributed by atoms with Gasteiger partial charge in [0.1, 0.15) is 22.5 Å². The van der Waals surface area contributed by atoms with Gasteiger partial charge in [-0.3, -0.25) is 4.79 Å². The molecule has 2 heterocycles. The number of carbonyl (C=O) groups excluding carboxylic acids is 2. The summed E-state index contributed by atoms with van der Waals surface area (Å²) in [7, 11) is 0. The first-order valence-corrected chi connectivity index (χ1v) is 8.99. The van der Waals surface area contributed by atoms with Crippen LogP contribution in [0, 0.1) is 0 Å². The number of rotatable bonds is 5. The van der Waals surface area contributed by atoms with Gasteiger partial charge in [0.25, 0.3) is 5.91 Å². The fourth-order valence-corrected chi connectivity index (χ4v) is 2.98. The highest BCUT2D eigenvalue weighted by atomic mass is 16.5. The summed E-state index contributed by atoms with van der Waals surface area (Å²) in [5.74, 6) is -0.853. The average Bonchev–Trinajstić information content (AvgIpc) is 3.16. The maximum atomic E-state index is 12.2. The number of ether oxygens (including phenoxy) is 1. The molecule has 4 aromatic rings. The lowest BCUT2D eigenvalue weighted by atomic mass is 10.2. The largest absolute Gasteiger partial charge is 0.459 e. The fraction of sp³-hybridized carbons (Fsp3) is 0.136. The minimum absolute atomic E-state index is 0.262. The summed E-state index contributed by atoms with van der Waals surface area (Å²) in [6, 6.07) is 17.1. The number of carbonyl (C=O) groups is 2. The van der Waals surface area contributed by atoms with Crippen molar-refractivity contribution >= 4 is 33.8 Å². The van der Waals surface area contributed by atoms with Crippen LogP contribution in [0.3, 0.4) is 0 Å². The quantitative estimate of drug-likeness (QED) is 0.412. The normalized spacial score (nSPS) is 12.0. The molecule has 0 unspecified atom stereocenters. The Kier molecular flexibility index (Phi) is 4.87. The van der Waals surface area contributed by atoms with E-state index in [1.54, 1.807) is 31.2 Å². The van der Waals surface area contributed by atoms with Crippen LogP contribution < -0.4 is 10.9 Å². The lowest BCUT2D eigenvalue weighted by Crippen LogP contribution is -2.31. The molecule has 0 aliphatic rings. The fourth-order valence-electron chi connectivity index (χ4n) is 2.98. The summed E-state index contributed by atoms with van der Waals surface area (Å²) in [6.45, 7) is 1.23. The van der Waals surface area contributed by atoms with Crippen LogP contribution in [-0.4, -0.2) is 18.5 Å². The van der Waals surface area contributed by atoms with Gasteiger partial charge in [-0.05, 0) is 31.2 Å². The molecule has 1 N–H and O–H groups in total. The maximum Gasteiger partial charge on any atom is 0.351 e. The van der Waals surface area contributed by atoms with Gasteiger partial charge in [0.15, 0.2) is 6.61 Å². The number of furan rings is 1. The molecule has 1 atom stereocenters. The highest BCUT2D eigenvalue weighted by molar-refractivity contribution is 5.94. The second-order valence-electron chi connectivity index (χ2n) is 6.54. The number of nitrogens with one attached hydrogen (secondary N) is 1. The third kappa shape index (κ3) is 3.89. The van der Waals surface area contributed by atoms with Gasteiger partial charge >= 0.3 is 11.6 Å². The molecule has 0 fully saturated rings. The first-order valence-electron chi connectivity index (χ1n) is 8.99. The van der Waals surface area contributed by atoms with Gasteiger partial charge < -0.3 is 18.9 Å². The SMILES string of the molecule is C[C@@H](NC(=O)COC(=O)c1cc2ccccc2oc1=O)c1cc2ccccc2o1. The topological polar surface area (TPSA) is 98.7 Å². The predicted octanol–water partition coefficient (Wildman–Crippen LogP) is 3.57. The van der Waals surface area contributed by atoms with E-state index in [2.05, 4.69) is 5.32 Å². The molecule has 0 aliphatic carbocycles. The van der Waals surface area contributed by atoms with E-state index in [9.17, 15) is 14.4 Å². The van der Waals surface area contributed by atoms with E-state index in [1.165, 1.54) is 6.07 Å². The molecule has 1 amide bonds. The van der Waals surface area contributed by atoms with Gasteiger partial charge in [0.05, 0.1) is 6.04 Å². The first-order chi connectivity index (χ1) is 14.0. The number of para-hydroxylation sites is 2. The molecule has 146 valence electrons. The van der Waals surface area contributed by atoms with Gasteiger partial charge in [-0.25, -0.2) is 9.59 Å². The number of hydrogen-bond donors (Lipinski definition) is 1. The van der Waals surface area contributed by atoms with Crippen LogP contribution in [-0.2, 0) is 9.53 Å². The maximum absolute atomic E-state index is 12.2. The molecule has 4 rings (SSSR count). The van der Waals surface area contributed by atoms with E-state index in [0.717, 1.165) is 11.0 Å². The Bertz CT molecular complexity index is 1240. The zero-order chi connectivity index (χ0) is 20.4. The molecule has 0 saturated carbocycles. The Hall–Kier alpha value is -3.87. The molecular weight excluding hydrogens is 374 g/mol. The van der Waals surface area contributed by atoms with Crippen LogP contribution >= 0.6 is 0 Å². The van der Waals surface area contributed by atoms with E-state index < -0.39 is 30.2 Å². The highest BCUT2D eigenvalue weighted by Crippen LogP contribution is 2.23. The van der Waals surface area contributed by atoms with Crippen LogP contribution in [0.15, 0.2) is 74.3 Å². The third-order valence-electron chi connectivity index (χ3n) is 4.44. The van der Waals surface area contributed by atoms with Gasteiger partial charge in [-0.1, -0.05) is 36.4 Å². The number of benzene rings is 2. The summed E-state index contributed by atoms with van der Waals surface area (Å²) < 4.78 is 15.8. The van der Waals surface area contributed by atoms with Crippen molar-refractivity contribution in [3.05, 3.63) is 82.4 Å². The van der Waals surface area contributed by atoms with Crippen molar-refractivity contribution < 1.29 is 23.2 Å². The minimum Gasteiger partial charge on any atom is -0.459 e. The minimum atomic E-state index is -0.920. The van der Waals surface area contributed by atoms with Gasteiger partial charge in [0.2, 0.25) is 0 Å². The van der Waals surface area contributed by atoms with Gasteiger partial charge in [-0.15, -0.1) is 0 Å². The molecule has 0 saturated heterocycles. The molecule has 7 heteroatoms. The Morgan fingerprint density at radius 1 is 0.966 bits per heavy atom. The molecule has 29 heavy (non-hydrogen) atoms. The summed E-state index contributed by atoms with van der Waals surface area (Å²) in [5, 5.41) is 4.21. The van der Waals surface area contributed by atoms with Crippen LogP contribution in [0.25, 0.3) is 21.9 Å². The number of hydrogen-bond acceptors (Lipinski definition) is 6. The van der Waals surface area contributed by atoms with Crippen LogP contribution in [0.1, 0.15) is 29.1 Å². The lowest BCUT2D eigenvalue weighted by Gasteiger charge is -2.11. The van der Waals surface area contributed by atoms with Gasteiger partial charge in [0, 0.05) is 10.8 Å². The van der Waals surface area contributed by atoms with Crippen LogP contribution in [0.2, 0.25) is 0 Å². The van der Waals surface area contributed by atoms with Crippen molar-refractivity contribution in [2.45, 2.75) is 13.0 Å². The summed E-state index contributed by atoms with van der Waals surface area (Å²) in [4.78, 5) is 36.3. The van der Waals surface area contributed by atoms with Crippen molar-refractivity contribution in [1.29, 1.82) is 0 Å². The summed E-state index contributed by atoms with van der Waals surface area (Å²) in [5.41, 5.74) is 0.0103. The first kappa shape index (κ1) is 18.5.